The first-order valence-corrected chi connectivity index (χ1v) is 6.55. The molecule has 1 heterocycles. The van der Waals surface area contributed by atoms with Gasteiger partial charge in [-0.15, -0.1) is 0 Å². The van der Waals surface area contributed by atoms with Crippen molar-refractivity contribution in [1.29, 1.82) is 0 Å². The van der Waals surface area contributed by atoms with E-state index in [-0.39, 0.29) is 11.4 Å². The van der Waals surface area contributed by atoms with E-state index in [2.05, 4.69) is 32.2 Å². The standard InChI is InChI=1S/C16H20FNO/c1-16(2,3)18-9-5-4-6-14-11-12-10-13(17)7-8-15(12)19-14/h4,6-8,10-11,18H,5,9H2,1-3H3/b6-4+. The molecule has 0 spiro atoms. The van der Waals surface area contributed by atoms with Crippen LogP contribution in [0.15, 0.2) is 34.8 Å². The number of furan rings is 1. The van der Waals surface area contributed by atoms with Gasteiger partial charge in [-0.25, -0.2) is 4.39 Å². The first-order chi connectivity index (χ1) is 8.94. The molecule has 2 nitrogen and oxygen atoms in total. The van der Waals surface area contributed by atoms with Crippen molar-refractivity contribution in [3.8, 4) is 0 Å². The van der Waals surface area contributed by atoms with Gasteiger partial charge in [0.05, 0.1) is 0 Å². The quantitative estimate of drug-likeness (QED) is 0.827. The summed E-state index contributed by atoms with van der Waals surface area (Å²) in [5, 5.41) is 4.21. The van der Waals surface area contributed by atoms with Crippen molar-refractivity contribution in [3.05, 3.63) is 41.9 Å². The summed E-state index contributed by atoms with van der Waals surface area (Å²) < 4.78 is 18.6. The molecule has 0 aliphatic heterocycles. The lowest BCUT2D eigenvalue weighted by molar-refractivity contribution is 0.431. The van der Waals surface area contributed by atoms with Gasteiger partial charge in [0.25, 0.3) is 0 Å². The molecule has 0 bridgehead atoms. The fraction of sp³-hybridized carbons (Fsp3) is 0.375. The van der Waals surface area contributed by atoms with Crippen LogP contribution < -0.4 is 5.32 Å². The zero-order chi connectivity index (χ0) is 13.9. The summed E-state index contributed by atoms with van der Waals surface area (Å²) in [5.41, 5.74) is 0.860. The van der Waals surface area contributed by atoms with E-state index in [1.54, 1.807) is 6.07 Å². The highest BCUT2D eigenvalue weighted by Crippen LogP contribution is 2.21. The Morgan fingerprint density at radius 1 is 1.26 bits per heavy atom. The topological polar surface area (TPSA) is 25.2 Å². The van der Waals surface area contributed by atoms with Crippen LogP contribution in [-0.4, -0.2) is 12.1 Å². The van der Waals surface area contributed by atoms with Crippen molar-refractivity contribution >= 4 is 17.0 Å². The molecule has 3 heteroatoms. The molecule has 2 rings (SSSR count). The largest absolute Gasteiger partial charge is 0.457 e. The third-order valence-electron chi connectivity index (χ3n) is 2.75. The zero-order valence-corrected chi connectivity index (χ0v) is 11.7. The van der Waals surface area contributed by atoms with Crippen molar-refractivity contribution in [1.82, 2.24) is 5.32 Å². The van der Waals surface area contributed by atoms with E-state index >= 15 is 0 Å². The van der Waals surface area contributed by atoms with Crippen molar-refractivity contribution < 1.29 is 8.81 Å². The highest BCUT2D eigenvalue weighted by atomic mass is 19.1. The number of rotatable bonds is 4. The van der Waals surface area contributed by atoms with Crippen LogP contribution in [-0.2, 0) is 0 Å². The lowest BCUT2D eigenvalue weighted by Gasteiger charge is -2.19. The van der Waals surface area contributed by atoms with Crippen molar-refractivity contribution in [3.63, 3.8) is 0 Å². The molecule has 102 valence electrons. The summed E-state index contributed by atoms with van der Waals surface area (Å²) in [6.07, 6.45) is 4.93. The number of fused-ring (bicyclic) bond motifs is 1. The minimum atomic E-state index is -0.238. The van der Waals surface area contributed by atoms with E-state index in [4.69, 9.17) is 4.42 Å². The van der Waals surface area contributed by atoms with Gasteiger partial charge in [0.1, 0.15) is 17.2 Å². The van der Waals surface area contributed by atoms with Gasteiger partial charge in [-0.3, -0.25) is 0 Å². The zero-order valence-electron chi connectivity index (χ0n) is 11.7. The number of hydrogen-bond donors (Lipinski definition) is 1. The average molecular weight is 261 g/mol. The molecular weight excluding hydrogens is 241 g/mol. The highest BCUT2D eigenvalue weighted by molar-refractivity contribution is 5.79. The van der Waals surface area contributed by atoms with Crippen LogP contribution in [0.2, 0.25) is 0 Å². The van der Waals surface area contributed by atoms with E-state index in [0.717, 1.165) is 24.1 Å². The second-order valence-corrected chi connectivity index (χ2v) is 5.70. The van der Waals surface area contributed by atoms with Gasteiger partial charge in [-0.2, -0.15) is 0 Å². The first kappa shape index (κ1) is 13.8. The molecule has 0 unspecified atom stereocenters. The average Bonchev–Trinajstić information content (AvgIpc) is 2.68. The van der Waals surface area contributed by atoms with E-state index in [9.17, 15) is 4.39 Å². The Balaban J connectivity index is 1.94. The summed E-state index contributed by atoms with van der Waals surface area (Å²) in [7, 11) is 0. The predicted octanol–water partition coefficient (Wildman–Crippen LogP) is 4.36. The smallest absolute Gasteiger partial charge is 0.134 e. The molecule has 1 aromatic carbocycles. The Bertz CT molecular complexity index is 578. The summed E-state index contributed by atoms with van der Waals surface area (Å²) in [6, 6.07) is 6.40. The molecule has 0 aliphatic carbocycles. The maximum Gasteiger partial charge on any atom is 0.134 e. The van der Waals surface area contributed by atoms with Crippen LogP contribution in [0, 0.1) is 5.82 Å². The summed E-state index contributed by atoms with van der Waals surface area (Å²) in [4.78, 5) is 0. The highest BCUT2D eigenvalue weighted by Gasteiger charge is 2.06. The Labute approximate surface area is 113 Å². The maximum absolute atomic E-state index is 13.0. The molecule has 0 fully saturated rings. The van der Waals surface area contributed by atoms with Crippen molar-refractivity contribution in [2.24, 2.45) is 0 Å². The van der Waals surface area contributed by atoms with Gasteiger partial charge >= 0.3 is 0 Å². The van der Waals surface area contributed by atoms with E-state index in [0.29, 0.717) is 5.58 Å². The lowest BCUT2D eigenvalue weighted by atomic mass is 10.1. The van der Waals surface area contributed by atoms with Crippen LogP contribution in [0.25, 0.3) is 17.0 Å². The second-order valence-electron chi connectivity index (χ2n) is 5.70. The minimum Gasteiger partial charge on any atom is -0.457 e. The van der Waals surface area contributed by atoms with Gasteiger partial charge in [-0.05, 0) is 64.1 Å². The molecular formula is C16H20FNO. The molecule has 0 atom stereocenters. The first-order valence-electron chi connectivity index (χ1n) is 6.55. The predicted molar refractivity (Wildman–Crippen MR) is 77.6 cm³/mol. The van der Waals surface area contributed by atoms with Crippen LogP contribution in [0.4, 0.5) is 4.39 Å². The summed E-state index contributed by atoms with van der Waals surface area (Å²) in [6.45, 7) is 7.36. The fourth-order valence-corrected chi connectivity index (χ4v) is 1.85. The van der Waals surface area contributed by atoms with Crippen molar-refractivity contribution in [2.45, 2.75) is 32.7 Å². The number of benzene rings is 1. The Morgan fingerprint density at radius 2 is 2.05 bits per heavy atom. The summed E-state index contributed by atoms with van der Waals surface area (Å²) in [5.74, 6) is 0.523. The third-order valence-corrected chi connectivity index (χ3v) is 2.75. The molecule has 1 aromatic heterocycles. The molecule has 0 saturated carbocycles. The minimum absolute atomic E-state index is 0.144. The van der Waals surface area contributed by atoms with E-state index in [1.165, 1.54) is 12.1 Å². The van der Waals surface area contributed by atoms with Gasteiger partial charge in [0.15, 0.2) is 0 Å². The van der Waals surface area contributed by atoms with Gasteiger partial charge in [-0.1, -0.05) is 6.08 Å². The lowest BCUT2D eigenvalue weighted by Crippen LogP contribution is -2.36. The molecule has 0 radical (unpaired) electrons. The summed E-state index contributed by atoms with van der Waals surface area (Å²) >= 11 is 0. The normalized spacial score (nSPS) is 12.6. The number of hydrogen-bond acceptors (Lipinski definition) is 2. The molecule has 1 N–H and O–H groups in total. The van der Waals surface area contributed by atoms with Crippen LogP contribution in [0.5, 0.6) is 0 Å². The molecule has 2 aromatic rings. The van der Waals surface area contributed by atoms with E-state index < -0.39 is 0 Å². The van der Waals surface area contributed by atoms with Crippen LogP contribution in [0.1, 0.15) is 33.0 Å². The number of nitrogens with one attached hydrogen (secondary N) is 1. The Hall–Kier alpha value is -1.61. The third kappa shape index (κ3) is 4.21. The SMILES string of the molecule is CC(C)(C)NCC/C=C/c1cc2cc(F)ccc2o1. The molecule has 0 amide bonds. The monoisotopic (exact) mass is 261 g/mol. The van der Waals surface area contributed by atoms with Gasteiger partial charge < -0.3 is 9.73 Å². The van der Waals surface area contributed by atoms with Crippen LogP contribution in [0.3, 0.4) is 0 Å². The molecule has 19 heavy (non-hydrogen) atoms. The van der Waals surface area contributed by atoms with Gasteiger partial charge in [0, 0.05) is 10.9 Å². The van der Waals surface area contributed by atoms with E-state index in [1.807, 2.05) is 12.1 Å². The molecule has 0 aliphatic rings. The van der Waals surface area contributed by atoms with Gasteiger partial charge in [0.2, 0.25) is 0 Å². The van der Waals surface area contributed by atoms with Crippen molar-refractivity contribution in [2.75, 3.05) is 6.54 Å². The Morgan fingerprint density at radius 3 is 2.79 bits per heavy atom. The maximum atomic E-state index is 13.0. The molecule has 0 saturated heterocycles. The second kappa shape index (κ2) is 5.57. The van der Waals surface area contributed by atoms with Crippen LogP contribution >= 0.6 is 0 Å². The number of halogens is 1. The Kier molecular flexibility index (Phi) is 4.05. The fourth-order valence-electron chi connectivity index (χ4n) is 1.85.